The van der Waals surface area contributed by atoms with E-state index in [0.717, 1.165) is 5.56 Å². The first-order valence-electron chi connectivity index (χ1n) is 6.32. The van der Waals surface area contributed by atoms with E-state index in [2.05, 4.69) is 12.6 Å². The molecule has 1 aliphatic rings. The predicted molar refractivity (Wildman–Crippen MR) is 77.1 cm³/mol. The number of amides is 2. The number of likely N-dealkylation sites (N-methyl/N-ethyl adjacent to an activating group) is 1. The van der Waals surface area contributed by atoms with E-state index < -0.39 is 5.25 Å². The lowest BCUT2D eigenvalue weighted by molar-refractivity contribution is -0.143. The van der Waals surface area contributed by atoms with Gasteiger partial charge in [-0.3, -0.25) is 9.59 Å². The van der Waals surface area contributed by atoms with E-state index in [4.69, 9.17) is 0 Å². The average molecular weight is 278 g/mol. The molecule has 1 aromatic rings. The zero-order chi connectivity index (χ0) is 13.8. The molecule has 1 unspecified atom stereocenters. The highest BCUT2D eigenvalue weighted by molar-refractivity contribution is 7.81. The molecule has 0 bridgehead atoms. The van der Waals surface area contributed by atoms with Crippen LogP contribution in [0.25, 0.3) is 0 Å². The van der Waals surface area contributed by atoms with Gasteiger partial charge in [-0.25, -0.2) is 0 Å². The van der Waals surface area contributed by atoms with Gasteiger partial charge in [-0.2, -0.15) is 12.6 Å². The summed E-state index contributed by atoms with van der Waals surface area (Å²) in [5.41, 5.74) is 1.08. The zero-order valence-corrected chi connectivity index (χ0v) is 11.8. The van der Waals surface area contributed by atoms with E-state index in [9.17, 15) is 9.59 Å². The Morgan fingerprint density at radius 2 is 2.00 bits per heavy atom. The largest absolute Gasteiger partial charge is 0.342 e. The maximum atomic E-state index is 12.2. The SMILES string of the molecule is CN1CCN(C(=O)C(S)Cc2ccccc2)CC1=O. The quantitative estimate of drug-likeness (QED) is 0.832. The number of piperazine rings is 1. The summed E-state index contributed by atoms with van der Waals surface area (Å²) in [6, 6.07) is 9.79. The molecule has 0 N–H and O–H groups in total. The number of hydrogen-bond acceptors (Lipinski definition) is 3. The summed E-state index contributed by atoms with van der Waals surface area (Å²) in [6.45, 7) is 1.35. The molecule has 0 aromatic heterocycles. The lowest BCUT2D eigenvalue weighted by Crippen LogP contribution is -2.52. The Morgan fingerprint density at radius 1 is 1.32 bits per heavy atom. The molecule has 1 aliphatic heterocycles. The van der Waals surface area contributed by atoms with Crippen molar-refractivity contribution in [2.75, 3.05) is 26.7 Å². The molecular weight excluding hydrogens is 260 g/mol. The van der Waals surface area contributed by atoms with Crippen molar-refractivity contribution >= 4 is 24.4 Å². The second-order valence-corrected chi connectivity index (χ2v) is 5.40. The highest BCUT2D eigenvalue weighted by atomic mass is 32.1. The molecule has 4 nitrogen and oxygen atoms in total. The first-order valence-corrected chi connectivity index (χ1v) is 6.84. The van der Waals surface area contributed by atoms with Gasteiger partial charge in [0.2, 0.25) is 11.8 Å². The molecule has 1 saturated heterocycles. The van der Waals surface area contributed by atoms with Crippen LogP contribution in [-0.2, 0) is 16.0 Å². The fourth-order valence-electron chi connectivity index (χ4n) is 2.08. The third kappa shape index (κ3) is 3.50. The fourth-order valence-corrected chi connectivity index (χ4v) is 2.46. The van der Waals surface area contributed by atoms with E-state index in [1.54, 1.807) is 16.8 Å². The minimum Gasteiger partial charge on any atom is -0.342 e. The molecule has 0 spiro atoms. The molecule has 1 aromatic carbocycles. The summed E-state index contributed by atoms with van der Waals surface area (Å²) in [6.07, 6.45) is 0.587. The van der Waals surface area contributed by atoms with Crippen LogP contribution in [0.5, 0.6) is 0 Å². The smallest absolute Gasteiger partial charge is 0.241 e. The Labute approximate surface area is 118 Å². The number of benzene rings is 1. The molecule has 5 heteroatoms. The summed E-state index contributed by atoms with van der Waals surface area (Å²) in [5, 5.41) is -0.390. The molecule has 0 aliphatic carbocycles. The Hall–Kier alpha value is -1.49. The monoisotopic (exact) mass is 278 g/mol. The van der Waals surface area contributed by atoms with E-state index in [1.165, 1.54) is 0 Å². The standard InChI is InChI=1S/C14H18N2O2S/c1-15-7-8-16(10-13(15)17)14(18)12(19)9-11-5-3-2-4-6-11/h2-6,12,19H,7-10H2,1H3. The molecule has 19 heavy (non-hydrogen) atoms. The van der Waals surface area contributed by atoms with Crippen molar-refractivity contribution in [3.05, 3.63) is 35.9 Å². The van der Waals surface area contributed by atoms with Crippen molar-refractivity contribution in [1.29, 1.82) is 0 Å². The van der Waals surface area contributed by atoms with Crippen molar-refractivity contribution in [2.45, 2.75) is 11.7 Å². The normalized spacial score (nSPS) is 17.5. The molecule has 1 atom stereocenters. The number of hydrogen-bond donors (Lipinski definition) is 1. The van der Waals surface area contributed by atoms with Crippen molar-refractivity contribution in [3.8, 4) is 0 Å². The first-order chi connectivity index (χ1) is 9.08. The third-order valence-electron chi connectivity index (χ3n) is 3.33. The Morgan fingerprint density at radius 3 is 2.63 bits per heavy atom. The zero-order valence-electron chi connectivity index (χ0n) is 11.0. The van der Waals surface area contributed by atoms with Crippen molar-refractivity contribution < 1.29 is 9.59 Å². The number of nitrogens with zero attached hydrogens (tertiary/aromatic N) is 2. The molecule has 1 heterocycles. The number of carbonyl (C=O) groups is 2. The van der Waals surface area contributed by atoms with Crippen LogP contribution < -0.4 is 0 Å². The van der Waals surface area contributed by atoms with Crippen LogP contribution in [0.3, 0.4) is 0 Å². The van der Waals surface area contributed by atoms with Gasteiger partial charge < -0.3 is 9.80 Å². The first kappa shape index (κ1) is 13.9. The van der Waals surface area contributed by atoms with Crippen LogP contribution in [0.2, 0.25) is 0 Å². The third-order valence-corrected chi connectivity index (χ3v) is 3.73. The van der Waals surface area contributed by atoms with Gasteiger partial charge in [-0.15, -0.1) is 0 Å². The molecule has 0 radical (unpaired) electrons. The van der Waals surface area contributed by atoms with Crippen LogP contribution in [-0.4, -0.2) is 53.5 Å². The molecular formula is C14H18N2O2S. The van der Waals surface area contributed by atoms with Crippen LogP contribution in [0, 0.1) is 0 Å². The van der Waals surface area contributed by atoms with Gasteiger partial charge in [0.15, 0.2) is 0 Å². The second kappa shape index (κ2) is 6.10. The summed E-state index contributed by atoms with van der Waals surface area (Å²) in [7, 11) is 1.76. The maximum absolute atomic E-state index is 12.2. The molecule has 0 saturated carbocycles. The van der Waals surface area contributed by atoms with Gasteiger partial charge in [0.05, 0.1) is 11.8 Å². The van der Waals surface area contributed by atoms with Crippen LogP contribution in [0.4, 0.5) is 0 Å². The van der Waals surface area contributed by atoms with Crippen LogP contribution in [0.15, 0.2) is 30.3 Å². The van der Waals surface area contributed by atoms with Crippen LogP contribution in [0.1, 0.15) is 5.56 Å². The highest BCUT2D eigenvalue weighted by Gasteiger charge is 2.28. The number of carbonyl (C=O) groups excluding carboxylic acids is 2. The Balaban J connectivity index is 1.94. The Bertz CT molecular complexity index is 464. The van der Waals surface area contributed by atoms with Crippen molar-refractivity contribution in [3.63, 3.8) is 0 Å². The minimum atomic E-state index is -0.390. The number of rotatable bonds is 3. The molecule has 1 fully saturated rings. The van der Waals surface area contributed by atoms with Gasteiger partial charge >= 0.3 is 0 Å². The maximum Gasteiger partial charge on any atom is 0.241 e. The lowest BCUT2D eigenvalue weighted by Gasteiger charge is -2.33. The fraction of sp³-hybridized carbons (Fsp3) is 0.429. The highest BCUT2D eigenvalue weighted by Crippen LogP contribution is 2.12. The van der Waals surface area contributed by atoms with Gasteiger partial charge in [-0.05, 0) is 12.0 Å². The molecule has 2 amide bonds. The lowest BCUT2D eigenvalue weighted by atomic mass is 10.1. The van der Waals surface area contributed by atoms with Gasteiger partial charge in [-0.1, -0.05) is 30.3 Å². The minimum absolute atomic E-state index is 0.0140. The summed E-state index contributed by atoms with van der Waals surface area (Å²) in [4.78, 5) is 27.1. The van der Waals surface area contributed by atoms with Gasteiger partial charge in [0.1, 0.15) is 0 Å². The van der Waals surface area contributed by atoms with Gasteiger partial charge in [0.25, 0.3) is 0 Å². The summed E-state index contributed by atoms with van der Waals surface area (Å²) >= 11 is 4.38. The second-order valence-electron chi connectivity index (χ2n) is 4.78. The van der Waals surface area contributed by atoms with E-state index in [-0.39, 0.29) is 18.4 Å². The number of thiol groups is 1. The van der Waals surface area contributed by atoms with E-state index >= 15 is 0 Å². The summed E-state index contributed by atoms with van der Waals surface area (Å²) in [5.74, 6) is -0.0755. The summed E-state index contributed by atoms with van der Waals surface area (Å²) < 4.78 is 0. The van der Waals surface area contributed by atoms with E-state index in [0.29, 0.717) is 19.5 Å². The van der Waals surface area contributed by atoms with Crippen LogP contribution >= 0.6 is 12.6 Å². The van der Waals surface area contributed by atoms with Crippen molar-refractivity contribution in [2.24, 2.45) is 0 Å². The average Bonchev–Trinajstić information content (AvgIpc) is 2.42. The van der Waals surface area contributed by atoms with Gasteiger partial charge in [0, 0.05) is 20.1 Å². The van der Waals surface area contributed by atoms with Crippen molar-refractivity contribution in [1.82, 2.24) is 9.80 Å². The predicted octanol–water partition coefficient (Wildman–Crippen LogP) is 0.828. The Kier molecular flexibility index (Phi) is 4.47. The topological polar surface area (TPSA) is 40.6 Å². The van der Waals surface area contributed by atoms with E-state index in [1.807, 2.05) is 30.3 Å². The molecule has 102 valence electrons. The molecule has 2 rings (SSSR count).